The van der Waals surface area contributed by atoms with Gasteiger partial charge in [-0.05, 0) is 156 Å². The molecule has 6 heterocycles. The maximum Gasteiger partial charge on any atom is 0.252 e. The fraction of sp³-hybridized carbons (Fsp3) is 0.288. The van der Waals surface area contributed by atoms with Crippen LogP contribution in [0.1, 0.15) is 141 Å². The molecule has 4 aliphatic rings. The van der Waals surface area contributed by atoms with Gasteiger partial charge in [-0.15, -0.1) is 65.7 Å². The van der Waals surface area contributed by atoms with E-state index >= 15 is 0 Å². The van der Waals surface area contributed by atoms with Crippen LogP contribution in [-0.4, -0.2) is 16.7 Å². The van der Waals surface area contributed by atoms with Gasteiger partial charge in [-0.1, -0.05) is 163 Å². The Labute approximate surface area is 499 Å². The molecule has 2 aromatic heterocycles. The number of nitrogens with zero attached hydrogens (tertiary/aromatic N) is 4. The van der Waals surface area contributed by atoms with Crippen LogP contribution in [0.15, 0.2) is 156 Å². The molecule has 0 saturated heterocycles. The van der Waals surface area contributed by atoms with Gasteiger partial charge in [0.2, 0.25) is 0 Å². The molecule has 1 radical (unpaired) electrons. The second-order valence-electron chi connectivity index (χ2n) is 27.3. The number of hydrogen-bond donors (Lipinski definition) is 0. The van der Waals surface area contributed by atoms with Gasteiger partial charge < -0.3 is 19.8 Å². The van der Waals surface area contributed by atoms with Crippen LogP contribution in [0.5, 0.6) is 0 Å². The first-order valence-corrected chi connectivity index (χ1v) is 29.2. The molecule has 81 heavy (non-hydrogen) atoms. The van der Waals surface area contributed by atoms with Gasteiger partial charge in [0.05, 0.1) is 17.1 Å². The predicted octanol–water partition coefficient (Wildman–Crippen LogP) is 17.9. The summed E-state index contributed by atoms with van der Waals surface area (Å²) in [5, 5.41) is 0. The summed E-state index contributed by atoms with van der Waals surface area (Å²) in [7, 11) is 0. The smallest absolute Gasteiger partial charge is 0.252 e. The quantitative estimate of drug-likeness (QED) is 0.130. The minimum atomic E-state index is -0.275. The van der Waals surface area contributed by atoms with Crippen LogP contribution in [-0.2, 0) is 47.2 Å². The summed E-state index contributed by atoms with van der Waals surface area (Å²) in [5.74, 6) is -0.275. The Balaban J connectivity index is 0.000000374. The topological polar surface area (TPSA) is 32.3 Å². The minimum Gasteiger partial charge on any atom is -0.311 e. The second kappa shape index (κ2) is 19.8. The molecule has 0 aliphatic carbocycles. The SMILES string of the molecule is CC(C)(C)c1ccc2c(c1)Sc1cc(C(C)(C)C)cc3c1N2c1cc(-c2ccnc(-c4[c-]cccc4)c2)cc2c1B3c1cc(C(C)(C)C)cc3c1N2c1ccc(C(C)(C)C)cc1C3(C)C.Cc1cnc(-c2[c-]cc(F)cc2)cc1C.[Ir]. The van der Waals surface area contributed by atoms with E-state index in [-0.39, 0.29) is 59.7 Å². The van der Waals surface area contributed by atoms with E-state index in [1.165, 1.54) is 117 Å². The molecule has 0 bridgehead atoms. The minimum absolute atomic E-state index is 0. The van der Waals surface area contributed by atoms with Crippen molar-refractivity contribution in [2.45, 2.75) is 148 Å². The molecule has 0 N–H and O–H groups in total. The zero-order valence-electron chi connectivity index (χ0n) is 49.8. The number of aryl methyl sites for hydroxylation is 2. The van der Waals surface area contributed by atoms with Crippen molar-refractivity contribution in [1.82, 2.24) is 9.97 Å². The molecule has 0 atom stereocenters. The molecular formula is C73H72BFIrN4S-2. The number of anilines is 6. The first-order chi connectivity index (χ1) is 37.7. The first-order valence-electron chi connectivity index (χ1n) is 28.3. The molecule has 7 aromatic carbocycles. The van der Waals surface area contributed by atoms with Gasteiger partial charge in [0.15, 0.2) is 0 Å². The Kier molecular flexibility index (Phi) is 13.8. The average Bonchev–Trinajstić information content (AvgIpc) is 3.60. The van der Waals surface area contributed by atoms with Crippen molar-refractivity contribution in [3.8, 4) is 33.6 Å². The van der Waals surface area contributed by atoms with Crippen molar-refractivity contribution in [2.24, 2.45) is 0 Å². The van der Waals surface area contributed by atoms with E-state index < -0.39 is 0 Å². The van der Waals surface area contributed by atoms with Gasteiger partial charge in [0.25, 0.3) is 6.71 Å². The van der Waals surface area contributed by atoms with E-state index in [0.29, 0.717) is 0 Å². The normalized spacial score (nSPS) is 14.4. The van der Waals surface area contributed by atoms with E-state index in [4.69, 9.17) is 4.98 Å². The Bertz CT molecular complexity index is 3990. The molecule has 0 spiro atoms. The molecule has 0 amide bonds. The summed E-state index contributed by atoms with van der Waals surface area (Å²) in [4.78, 5) is 17.1. The Morgan fingerprint density at radius 2 is 1.10 bits per heavy atom. The zero-order chi connectivity index (χ0) is 56.7. The summed E-state index contributed by atoms with van der Waals surface area (Å²) in [6.07, 6.45) is 3.79. The van der Waals surface area contributed by atoms with Crippen LogP contribution in [0.4, 0.5) is 38.5 Å². The molecule has 0 unspecified atom stereocenters. The third-order valence-corrected chi connectivity index (χ3v) is 18.3. The summed E-state index contributed by atoms with van der Waals surface area (Å²) < 4.78 is 12.7. The standard InChI is InChI=1S/C60H61BN3S.C13H11FN.Ir/c1-56(2,3)38-20-22-47-42(29-38)60(13,14)43-30-40(58(7,8)9)31-44-54(43)63(47)49-27-37(36-24-25-62-46(26-36)35-18-16-15-17-19-35)28-50-53(49)61(44)45-32-41(59(10,11)12)34-52-55(45)64(50)48-23-21-39(57(4,5)6)33-51(48)65-52;1-9-7-13(15-8-10(9)2)11-3-5-12(14)6-4-11;/h15-18,20-34H,1-14H3;3,5-8H,1-2H3;/q2*-1;. The second-order valence-corrected chi connectivity index (χ2v) is 28.4. The van der Waals surface area contributed by atoms with Gasteiger partial charge in [-0.25, -0.2) is 0 Å². The summed E-state index contributed by atoms with van der Waals surface area (Å²) in [6.45, 7) is 37.3. The summed E-state index contributed by atoms with van der Waals surface area (Å²) in [6, 6.07) is 55.2. The molecule has 8 heteroatoms. The van der Waals surface area contributed by atoms with Crippen LogP contribution in [0.3, 0.4) is 0 Å². The Morgan fingerprint density at radius 3 is 1.72 bits per heavy atom. The fourth-order valence-electron chi connectivity index (χ4n) is 12.2. The van der Waals surface area contributed by atoms with Crippen LogP contribution >= 0.6 is 11.8 Å². The molecular weight excluding hydrogens is 1190 g/mol. The molecule has 0 fully saturated rings. The van der Waals surface area contributed by atoms with Gasteiger partial charge in [0, 0.05) is 70.6 Å². The molecule has 9 aromatic rings. The number of halogens is 1. The monoisotopic (exact) mass is 1260 g/mol. The van der Waals surface area contributed by atoms with Crippen molar-refractivity contribution in [3.63, 3.8) is 0 Å². The first kappa shape index (κ1) is 56.3. The van der Waals surface area contributed by atoms with Crippen molar-refractivity contribution in [1.29, 1.82) is 0 Å². The summed E-state index contributed by atoms with van der Waals surface area (Å²) in [5.41, 5.74) is 28.0. The molecule has 13 rings (SSSR count). The third kappa shape index (κ3) is 9.71. The largest absolute Gasteiger partial charge is 0.311 e. The number of fused-ring (bicyclic) bond motifs is 8. The van der Waals surface area contributed by atoms with E-state index in [2.05, 4.69) is 221 Å². The van der Waals surface area contributed by atoms with Crippen LogP contribution in [0.25, 0.3) is 33.6 Å². The number of benzene rings is 7. The van der Waals surface area contributed by atoms with Gasteiger partial charge >= 0.3 is 0 Å². The van der Waals surface area contributed by atoms with Crippen molar-refractivity contribution in [2.75, 3.05) is 9.80 Å². The predicted molar refractivity (Wildman–Crippen MR) is 337 cm³/mol. The number of aromatic nitrogens is 2. The average molecular weight is 1260 g/mol. The van der Waals surface area contributed by atoms with Crippen LogP contribution in [0.2, 0.25) is 0 Å². The number of pyridine rings is 2. The van der Waals surface area contributed by atoms with E-state index in [1.807, 2.05) is 56.2 Å². The van der Waals surface area contributed by atoms with Crippen molar-refractivity contribution in [3.05, 3.63) is 208 Å². The van der Waals surface area contributed by atoms with E-state index in [9.17, 15) is 4.39 Å². The maximum absolute atomic E-state index is 12.7. The van der Waals surface area contributed by atoms with Crippen molar-refractivity contribution < 1.29 is 24.5 Å². The fourth-order valence-corrected chi connectivity index (χ4v) is 13.3. The molecule has 0 saturated carbocycles. The van der Waals surface area contributed by atoms with Crippen LogP contribution < -0.4 is 26.2 Å². The number of hydrogen-bond acceptors (Lipinski definition) is 5. The Morgan fingerprint density at radius 1 is 0.519 bits per heavy atom. The zero-order valence-corrected chi connectivity index (χ0v) is 53.1. The van der Waals surface area contributed by atoms with Gasteiger partial charge in [-0.3, -0.25) is 4.39 Å². The molecule has 4 nitrogen and oxygen atoms in total. The van der Waals surface area contributed by atoms with Gasteiger partial charge in [-0.2, -0.15) is 0 Å². The Hall–Kier alpha value is -6.57. The summed E-state index contributed by atoms with van der Waals surface area (Å²) >= 11 is 1.96. The molecule has 411 valence electrons. The third-order valence-electron chi connectivity index (χ3n) is 17.2. The van der Waals surface area contributed by atoms with E-state index in [0.717, 1.165) is 33.6 Å². The number of rotatable bonds is 3. The molecule has 4 aliphatic heterocycles. The maximum atomic E-state index is 12.7. The van der Waals surface area contributed by atoms with Gasteiger partial charge in [0.1, 0.15) is 0 Å². The van der Waals surface area contributed by atoms with Crippen LogP contribution in [0, 0.1) is 31.8 Å². The van der Waals surface area contributed by atoms with E-state index in [1.54, 1.807) is 6.07 Å². The van der Waals surface area contributed by atoms with Crippen molar-refractivity contribution >= 4 is 69.0 Å².